The van der Waals surface area contributed by atoms with Crippen LogP contribution in [0.15, 0.2) is 39.1 Å². The van der Waals surface area contributed by atoms with Crippen molar-refractivity contribution < 1.29 is 8.42 Å². The molecule has 2 aromatic rings. The molecule has 1 aromatic carbocycles. The summed E-state index contributed by atoms with van der Waals surface area (Å²) >= 11 is 1.35. The Kier molecular flexibility index (Phi) is 3.57. The first kappa shape index (κ1) is 13.9. The van der Waals surface area contributed by atoms with Gasteiger partial charge in [-0.2, -0.15) is 5.10 Å². The number of hydrogen-bond donors (Lipinski definition) is 2. The van der Waals surface area contributed by atoms with E-state index in [0.29, 0.717) is 4.90 Å². The van der Waals surface area contributed by atoms with Crippen LogP contribution in [-0.4, -0.2) is 18.2 Å². The molecule has 0 fully saturated rings. The molecule has 1 heterocycles. The SMILES string of the molecule is Cc1cc(Sc2cccc(S(N)(=O)=O)c2N)n(C)n1. The Morgan fingerprint density at radius 3 is 2.58 bits per heavy atom. The summed E-state index contributed by atoms with van der Waals surface area (Å²) in [5.74, 6) is 0. The summed E-state index contributed by atoms with van der Waals surface area (Å²) in [4.78, 5) is 0.575. The molecular formula is C11H14N4O2S2. The van der Waals surface area contributed by atoms with E-state index in [-0.39, 0.29) is 10.6 Å². The molecule has 102 valence electrons. The fourth-order valence-corrected chi connectivity index (χ4v) is 3.40. The van der Waals surface area contributed by atoms with Crippen molar-refractivity contribution >= 4 is 27.5 Å². The second kappa shape index (κ2) is 4.87. The molecule has 0 saturated carbocycles. The fourth-order valence-electron chi connectivity index (χ4n) is 1.66. The van der Waals surface area contributed by atoms with Crippen LogP contribution in [0.25, 0.3) is 0 Å². The Morgan fingerprint density at radius 2 is 2.05 bits per heavy atom. The van der Waals surface area contributed by atoms with E-state index < -0.39 is 10.0 Å². The molecule has 0 radical (unpaired) electrons. The Balaban J connectivity index is 2.45. The maximum absolute atomic E-state index is 11.4. The van der Waals surface area contributed by atoms with Crippen molar-refractivity contribution in [3.8, 4) is 0 Å². The predicted molar refractivity (Wildman–Crippen MR) is 74.3 cm³/mol. The molecule has 0 spiro atoms. The molecule has 4 N–H and O–H groups in total. The van der Waals surface area contributed by atoms with E-state index in [1.165, 1.54) is 17.8 Å². The normalized spacial score (nSPS) is 11.7. The first-order chi connectivity index (χ1) is 8.79. The number of primary sulfonamides is 1. The van der Waals surface area contributed by atoms with Crippen LogP contribution in [-0.2, 0) is 17.1 Å². The van der Waals surface area contributed by atoms with Gasteiger partial charge >= 0.3 is 0 Å². The molecular weight excluding hydrogens is 284 g/mol. The van der Waals surface area contributed by atoms with Gasteiger partial charge in [0.25, 0.3) is 0 Å². The Morgan fingerprint density at radius 1 is 1.37 bits per heavy atom. The van der Waals surface area contributed by atoms with E-state index in [1.54, 1.807) is 16.8 Å². The first-order valence-electron chi connectivity index (χ1n) is 5.39. The summed E-state index contributed by atoms with van der Waals surface area (Å²) in [6.07, 6.45) is 0. The number of nitrogens with zero attached hydrogens (tertiary/aromatic N) is 2. The number of nitrogens with two attached hydrogens (primary N) is 2. The van der Waals surface area contributed by atoms with Crippen LogP contribution in [0.3, 0.4) is 0 Å². The summed E-state index contributed by atoms with van der Waals surface area (Å²) in [5.41, 5.74) is 6.91. The molecule has 6 nitrogen and oxygen atoms in total. The molecule has 0 bridgehead atoms. The number of sulfonamides is 1. The van der Waals surface area contributed by atoms with Gasteiger partial charge in [0.1, 0.15) is 4.90 Å². The molecule has 0 saturated heterocycles. The molecule has 0 aliphatic rings. The fraction of sp³-hybridized carbons (Fsp3) is 0.182. The maximum Gasteiger partial charge on any atom is 0.240 e. The van der Waals surface area contributed by atoms with Crippen LogP contribution in [0, 0.1) is 6.92 Å². The molecule has 19 heavy (non-hydrogen) atoms. The van der Waals surface area contributed by atoms with Gasteiger partial charge in [-0.05, 0) is 25.1 Å². The van der Waals surface area contributed by atoms with Crippen molar-refractivity contribution in [2.24, 2.45) is 12.2 Å². The Bertz CT molecular complexity index is 722. The summed E-state index contributed by atoms with van der Waals surface area (Å²) in [6.45, 7) is 1.88. The van der Waals surface area contributed by atoms with E-state index in [2.05, 4.69) is 5.10 Å². The third-order valence-corrected chi connectivity index (χ3v) is 4.64. The van der Waals surface area contributed by atoms with Crippen molar-refractivity contribution in [2.45, 2.75) is 21.7 Å². The van der Waals surface area contributed by atoms with Crippen molar-refractivity contribution in [3.63, 3.8) is 0 Å². The molecule has 0 unspecified atom stereocenters. The van der Waals surface area contributed by atoms with Crippen LogP contribution in [0.5, 0.6) is 0 Å². The van der Waals surface area contributed by atoms with Gasteiger partial charge in [-0.15, -0.1) is 0 Å². The highest BCUT2D eigenvalue weighted by Crippen LogP contribution is 2.34. The highest BCUT2D eigenvalue weighted by molar-refractivity contribution is 7.99. The van der Waals surface area contributed by atoms with E-state index in [9.17, 15) is 8.42 Å². The van der Waals surface area contributed by atoms with Crippen molar-refractivity contribution in [3.05, 3.63) is 30.0 Å². The monoisotopic (exact) mass is 298 g/mol. The zero-order valence-corrected chi connectivity index (χ0v) is 12.1. The molecule has 0 atom stereocenters. The lowest BCUT2D eigenvalue weighted by molar-refractivity contribution is 0.598. The first-order valence-corrected chi connectivity index (χ1v) is 7.75. The number of aryl methyl sites for hydroxylation is 2. The van der Waals surface area contributed by atoms with E-state index in [0.717, 1.165) is 10.7 Å². The second-order valence-corrected chi connectivity index (χ2v) is 6.65. The summed E-state index contributed by atoms with van der Waals surface area (Å²) in [7, 11) is -2.00. The predicted octanol–water partition coefficient (Wildman–Crippen LogP) is 1.11. The van der Waals surface area contributed by atoms with Gasteiger partial charge in [0.15, 0.2) is 0 Å². The Labute approximate surface area is 115 Å². The van der Waals surface area contributed by atoms with E-state index in [1.807, 2.05) is 20.0 Å². The minimum absolute atomic E-state index is 0.0589. The highest BCUT2D eigenvalue weighted by atomic mass is 32.2. The molecule has 2 rings (SSSR count). The second-order valence-electron chi connectivity index (χ2n) is 4.06. The van der Waals surface area contributed by atoms with Crippen LogP contribution in [0.2, 0.25) is 0 Å². The lowest BCUT2D eigenvalue weighted by Crippen LogP contribution is -2.14. The lowest BCUT2D eigenvalue weighted by atomic mass is 10.3. The number of para-hydroxylation sites is 1. The van der Waals surface area contributed by atoms with Gasteiger partial charge in [-0.3, -0.25) is 4.68 Å². The van der Waals surface area contributed by atoms with Crippen LogP contribution < -0.4 is 10.9 Å². The van der Waals surface area contributed by atoms with E-state index >= 15 is 0 Å². The number of hydrogen-bond acceptors (Lipinski definition) is 5. The topological polar surface area (TPSA) is 104 Å². The third kappa shape index (κ3) is 2.91. The standard InChI is InChI=1S/C11H14N4O2S2/c1-7-6-10(15(2)14-7)18-8-4-3-5-9(11(8)12)19(13,16)17/h3-6H,12H2,1-2H3,(H2,13,16,17). The van der Waals surface area contributed by atoms with Crippen molar-refractivity contribution in [1.29, 1.82) is 0 Å². The quantitative estimate of drug-likeness (QED) is 0.826. The minimum atomic E-state index is -3.81. The largest absolute Gasteiger partial charge is 0.397 e. The number of rotatable bonds is 3. The van der Waals surface area contributed by atoms with Gasteiger partial charge < -0.3 is 5.73 Å². The van der Waals surface area contributed by atoms with Crippen molar-refractivity contribution in [1.82, 2.24) is 9.78 Å². The highest BCUT2D eigenvalue weighted by Gasteiger charge is 2.16. The molecule has 0 aliphatic heterocycles. The molecule has 0 amide bonds. The van der Waals surface area contributed by atoms with Gasteiger partial charge in [-0.1, -0.05) is 17.8 Å². The van der Waals surface area contributed by atoms with Crippen LogP contribution >= 0.6 is 11.8 Å². The van der Waals surface area contributed by atoms with Gasteiger partial charge in [0.2, 0.25) is 10.0 Å². The summed E-state index contributed by atoms with van der Waals surface area (Å²) in [5, 5.41) is 10.2. The number of benzene rings is 1. The maximum atomic E-state index is 11.4. The average molecular weight is 298 g/mol. The third-order valence-electron chi connectivity index (χ3n) is 2.51. The van der Waals surface area contributed by atoms with Gasteiger partial charge in [0.05, 0.1) is 16.4 Å². The summed E-state index contributed by atoms with van der Waals surface area (Å²) in [6, 6.07) is 6.65. The smallest absolute Gasteiger partial charge is 0.240 e. The number of nitrogen functional groups attached to an aromatic ring is 1. The molecule has 8 heteroatoms. The average Bonchev–Trinajstić information content (AvgIpc) is 2.59. The lowest BCUT2D eigenvalue weighted by Gasteiger charge is -2.09. The molecule has 1 aromatic heterocycles. The summed E-state index contributed by atoms with van der Waals surface area (Å²) < 4.78 is 24.5. The zero-order valence-electron chi connectivity index (χ0n) is 10.5. The van der Waals surface area contributed by atoms with Crippen molar-refractivity contribution in [2.75, 3.05) is 5.73 Å². The van der Waals surface area contributed by atoms with Gasteiger partial charge in [0, 0.05) is 11.9 Å². The van der Waals surface area contributed by atoms with E-state index in [4.69, 9.17) is 10.9 Å². The zero-order chi connectivity index (χ0) is 14.2. The number of aromatic nitrogens is 2. The minimum Gasteiger partial charge on any atom is -0.397 e. The Hall–Kier alpha value is -1.51. The van der Waals surface area contributed by atoms with Gasteiger partial charge in [-0.25, -0.2) is 13.6 Å². The van der Waals surface area contributed by atoms with Crippen LogP contribution in [0.4, 0.5) is 5.69 Å². The van der Waals surface area contributed by atoms with Crippen LogP contribution in [0.1, 0.15) is 5.69 Å². The molecule has 0 aliphatic carbocycles. The number of anilines is 1.